The zero-order valence-electron chi connectivity index (χ0n) is 14.5. The van der Waals surface area contributed by atoms with Crippen LogP contribution in [-0.2, 0) is 11.3 Å². The summed E-state index contributed by atoms with van der Waals surface area (Å²) in [4.78, 5) is 16.6. The molecule has 144 valence electrons. The van der Waals surface area contributed by atoms with Crippen molar-refractivity contribution < 1.29 is 9.18 Å². The van der Waals surface area contributed by atoms with Crippen molar-refractivity contribution in [3.63, 3.8) is 0 Å². The van der Waals surface area contributed by atoms with Gasteiger partial charge in [0.15, 0.2) is 0 Å². The van der Waals surface area contributed by atoms with Crippen LogP contribution >= 0.6 is 34.8 Å². The molecule has 0 atom stereocenters. The maximum atomic E-state index is 13.2. The number of carbonyl (C=O) groups is 1. The van der Waals surface area contributed by atoms with E-state index in [4.69, 9.17) is 34.8 Å². The largest absolute Gasteiger partial charge is 0.324 e. The van der Waals surface area contributed by atoms with Crippen molar-refractivity contribution in [1.29, 1.82) is 0 Å². The fourth-order valence-corrected chi connectivity index (χ4v) is 3.55. The minimum Gasteiger partial charge on any atom is -0.324 e. The first-order chi connectivity index (χ1) is 12.9. The SMILES string of the molecule is O=C(CN1CCN(Cc2ccc(F)c(Cl)c2)CC1)Nc1cccc(Cl)c1Cl. The fourth-order valence-electron chi connectivity index (χ4n) is 2.99. The van der Waals surface area contributed by atoms with Gasteiger partial charge in [-0.05, 0) is 29.8 Å². The summed E-state index contributed by atoms with van der Waals surface area (Å²) in [7, 11) is 0. The van der Waals surface area contributed by atoms with Gasteiger partial charge in [-0.25, -0.2) is 4.39 Å². The zero-order valence-corrected chi connectivity index (χ0v) is 16.8. The van der Waals surface area contributed by atoms with E-state index in [1.54, 1.807) is 30.3 Å². The van der Waals surface area contributed by atoms with Crippen molar-refractivity contribution in [3.05, 3.63) is 62.8 Å². The number of hydrogen-bond donors (Lipinski definition) is 1. The summed E-state index contributed by atoms with van der Waals surface area (Å²) >= 11 is 17.9. The number of anilines is 1. The molecule has 1 fully saturated rings. The maximum absolute atomic E-state index is 13.2. The predicted octanol–water partition coefficient (Wildman–Crippen LogP) is 4.54. The zero-order chi connectivity index (χ0) is 19.4. The maximum Gasteiger partial charge on any atom is 0.238 e. The average Bonchev–Trinajstić information content (AvgIpc) is 2.64. The van der Waals surface area contributed by atoms with Gasteiger partial charge in [-0.1, -0.05) is 46.9 Å². The highest BCUT2D eigenvalue weighted by molar-refractivity contribution is 6.44. The minimum atomic E-state index is -0.406. The van der Waals surface area contributed by atoms with Crippen LogP contribution in [0.15, 0.2) is 36.4 Å². The number of nitrogens with zero attached hydrogens (tertiary/aromatic N) is 2. The van der Waals surface area contributed by atoms with E-state index in [1.807, 2.05) is 0 Å². The van der Waals surface area contributed by atoms with Crippen LogP contribution in [0.2, 0.25) is 15.1 Å². The highest BCUT2D eigenvalue weighted by Crippen LogP contribution is 2.29. The molecular weight excluding hydrogens is 412 g/mol. The number of halogens is 4. The molecule has 2 aromatic carbocycles. The molecule has 27 heavy (non-hydrogen) atoms. The standard InChI is InChI=1S/C19H19Cl3FN3O/c20-14-2-1-3-17(19(14)22)24-18(27)12-26-8-6-25(7-9-26)11-13-4-5-16(23)15(21)10-13/h1-5,10H,6-9,11-12H2,(H,24,27). The van der Waals surface area contributed by atoms with Crippen LogP contribution in [0.4, 0.5) is 10.1 Å². The van der Waals surface area contributed by atoms with Crippen molar-refractivity contribution in [1.82, 2.24) is 9.80 Å². The Labute approximate surface area is 172 Å². The van der Waals surface area contributed by atoms with E-state index in [9.17, 15) is 9.18 Å². The Balaban J connectivity index is 1.47. The van der Waals surface area contributed by atoms with Crippen LogP contribution in [0.1, 0.15) is 5.56 Å². The van der Waals surface area contributed by atoms with Crippen molar-refractivity contribution >= 4 is 46.4 Å². The van der Waals surface area contributed by atoms with E-state index in [-0.39, 0.29) is 10.9 Å². The topological polar surface area (TPSA) is 35.6 Å². The van der Waals surface area contributed by atoms with Crippen LogP contribution in [0, 0.1) is 5.82 Å². The molecule has 0 aliphatic carbocycles. The Morgan fingerprint density at radius 1 is 1.00 bits per heavy atom. The van der Waals surface area contributed by atoms with E-state index < -0.39 is 5.82 Å². The number of benzene rings is 2. The molecule has 0 radical (unpaired) electrons. The number of nitrogens with one attached hydrogen (secondary N) is 1. The Hall–Kier alpha value is -1.37. The van der Waals surface area contributed by atoms with Gasteiger partial charge in [0.05, 0.1) is 27.3 Å². The molecule has 1 saturated heterocycles. The normalized spacial score (nSPS) is 15.7. The third-order valence-corrected chi connectivity index (χ3v) is 5.56. The molecule has 0 bridgehead atoms. The number of hydrogen-bond acceptors (Lipinski definition) is 3. The quantitative estimate of drug-likeness (QED) is 0.756. The summed E-state index contributed by atoms with van der Waals surface area (Å²) in [5, 5.41) is 3.69. The predicted molar refractivity (Wildman–Crippen MR) is 108 cm³/mol. The first kappa shape index (κ1) is 20.4. The third-order valence-electron chi connectivity index (χ3n) is 4.45. The lowest BCUT2D eigenvalue weighted by Gasteiger charge is -2.34. The van der Waals surface area contributed by atoms with Crippen LogP contribution in [0.3, 0.4) is 0 Å². The number of rotatable bonds is 5. The fraction of sp³-hybridized carbons (Fsp3) is 0.316. The number of carbonyl (C=O) groups excluding carboxylic acids is 1. The molecule has 0 unspecified atom stereocenters. The summed E-state index contributed by atoms with van der Waals surface area (Å²) in [6.45, 7) is 4.18. The van der Waals surface area contributed by atoms with E-state index in [2.05, 4.69) is 15.1 Å². The Bertz CT molecular complexity index is 826. The molecule has 4 nitrogen and oxygen atoms in total. The molecule has 1 amide bonds. The first-order valence-electron chi connectivity index (χ1n) is 8.55. The van der Waals surface area contributed by atoms with Gasteiger partial charge in [0.2, 0.25) is 5.91 Å². The van der Waals surface area contributed by atoms with Crippen LogP contribution in [0.5, 0.6) is 0 Å². The van der Waals surface area contributed by atoms with Gasteiger partial charge in [-0.3, -0.25) is 14.6 Å². The lowest BCUT2D eigenvalue weighted by molar-refractivity contribution is -0.117. The van der Waals surface area contributed by atoms with Crippen molar-refractivity contribution in [2.45, 2.75) is 6.54 Å². The van der Waals surface area contributed by atoms with Crippen molar-refractivity contribution in [2.24, 2.45) is 0 Å². The van der Waals surface area contributed by atoms with Gasteiger partial charge < -0.3 is 5.32 Å². The lowest BCUT2D eigenvalue weighted by Crippen LogP contribution is -2.48. The molecular formula is C19H19Cl3FN3O. The van der Waals surface area contributed by atoms with Gasteiger partial charge in [0.25, 0.3) is 0 Å². The second-order valence-corrected chi connectivity index (χ2v) is 7.64. The van der Waals surface area contributed by atoms with Gasteiger partial charge in [0.1, 0.15) is 5.82 Å². The van der Waals surface area contributed by atoms with Gasteiger partial charge in [-0.2, -0.15) is 0 Å². The van der Waals surface area contributed by atoms with Gasteiger partial charge >= 0.3 is 0 Å². The van der Waals surface area contributed by atoms with E-state index in [0.29, 0.717) is 28.8 Å². The molecule has 8 heteroatoms. The van der Waals surface area contributed by atoms with Crippen LogP contribution in [0.25, 0.3) is 0 Å². The molecule has 1 heterocycles. The molecule has 0 aromatic heterocycles. The first-order valence-corrected chi connectivity index (χ1v) is 9.68. The van der Waals surface area contributed by atoms with Crippen molar-refractivity contribution in [2.75, 3.05) is 38.0 Å². The summed E-state index contributed by atoms with van der Waals surface area (Å²) in [5.41, 5.74) is 1.49. The molecule has 1 aliphatic rings. The number of piperazine rings is 1. The highest BCUT2D eigenvalue weighted by Gasteiger charge is 2.20. The molecule has 1 aliphatic heterocycles. The Morgan fingerprint density at radius 3 is 2.41 bits per heavy atom. The van der Waals surface area contributed by atoms with Crippen molar-refractivity contribution in [3.8, 4) is 0 Å². The lowest BCUT2D eigenvalue weighted by atomic mass is 10.2. The average molecular weight is 431 g/mol. The summed E-state index contributed by atoms with van der Waals surface area (Å²) in [6.07, 6.45) is 0. The molecule has 1 N–H and O–H groups in total. The van der Waals surface area contributed by atoms with E-state index in [1.165, 1.54) is 6.07 Å². The Kier molecular flexibility index (Phi) is 6.95. The van der Waals surface area contributed by atoms with Gasteiger partial charge in [-0.15, -0.1) is 0 Å². The molecule has 2 aromatic rings. The number of amides is 1. The van der Waals surface area contributed by atoms with Crippen LogP contribution < -0.4 is 5.32 Å². The molecule has 0 spiro atoms. The highest BCUT2D eigenvalue weighted by atomic mass is 35.5. The second kappa shape index (κ2) is 9.22. The second-order valence-electron chi connectivity index (χ2n) is 6.45. The summed E-state index contributed by atoms with van der Waals surface area (Å²) < 4.78 is 13.2. The molecule has 3 rings (SSSR count). The van der Waals surface area contributed by atoms with Gasteiger partial charge in [0, 0.05) is 32.7 Å². The summed E-state index contributed by atoms with van der Waals surface area (Å²) in [6, 6.07) is 9.93. The monoisotopic (exact) mass is 429 g/mol. The third kappa shape index (κ3) is 5.56. The minimum absolute atomic E-state index is 0.127. The van der Waals surface area contributed by atoms with E-state index >= 15 is 0 Å². The smallest absolute Gasteiger partial charge is 0.238 e. The van der Waals surface area contributed by atoms with E-state index in [0.717, 1.165) is 31.7 Å². The Morgan fingerprint density at radius 2 is 1.70 bits per heavy atom. The molecule has 0 saturated carbocycles. The summed E-state index contributed by atoms with van der Waals surface area (Å²) in [5.74, 6) is -0.533. The van der Waals surface area contributed by atoms with Crippen LogP contribution in [-0.4, -0.2) is 48.4 Å².